The lowest BCUT2D eigenvalue weighted by molar-refractivity contribution is 0.0382. The molecular weight excluding hydrogens is 307 g/mol. The van der Waals surface area contributed by atoms with E-state index in [9.17, 15) is 0 Å². The Labute approximate surface area is 135 Å². The number of aromatic nitrogens is 2. The summed E-state index contributed by atoms with van der Waals surface area (Å²) in [5.74, 6) is 0. The van der Waals surface area contributed by atoms with Crippen LogP contribution in [0.15, 0.2) is 36.9 Å². The lowest BCUT2D eigenvalue weighted by Gasteiger charge is -2.20. The van der Waals surface area contributed by atoms with Gasteiger partial charge in [-0.05, 0) is 18.6 Å². The maximum absolute atomic E-state index is 6.32. The number of hydrogen-bond donors (Lipinski definition) is 0. The van der Waals surface area contributed by atoms with Crippen LogP contribution < -0.4 is 0 Å². The minimum atomic E-state index is -0.0965. The molecule has 0 fully saturated rings. The molecule has 0 saturated heterocycles. The van der Waals surface area contributed by atoms with Gasteiger partial charge in [0.15, 0.2) is 0 Å². The van der Waals surface area contributed by atoms with Crippen LogP contribution in [0.1, 0.15) is 37.9 Å². The van der Waals surface area contributed by atoms with Crippen molar-refractivity contribution in [1.82, 2.24) is 9.55 Å². The van der Waals surface area contributed by atoms with Crippen molar-refractivity contribution in [2.24, 2.45) is 0 Å². The molecule has 1 aromatic heterocycles. The van der Waals surface area contributed by atoms with Crippen molar-refractivity contribution in [3.05, 3.63) is 52.5 Å². The van der Waals surface area contributed by atoms with Crippen molar-refractivity contribution >= 4 is 23.2 Å². The number of ether oxygens (including phenoxy) is 1. The minimum Gasteiger partial charge on any atom is -0.372 e. The lowest BCUT2D eigenvalue weighted by Crippen LogP contribution is -2.13. The van der Waals surface area contributed by atoms with E-state index in [0.717, 1.165) is 18.6 Å². The molecule has 2 rings (SSSR count). The number of rotatable bonds is 8. The van der Waals surface area contributed by atoms with E-state index in [0.29, 0.717) is 16.6 Å². The summed E-state index contributed by atoms with van der Waals surface area (Å²) in [5.41, 5.74) is 0.964. The molecule has 0 N–H and O–H groups in total. The molecule has 21 heavy (non-hydrogen) atoms. The molecule has 0 aliphatic rings. The molecule has 1 aromatic carbocycles. The molecule has 1 unspecified atom stereocenters. The van der Waals surface area contributed by atoms with Crippen molar-refractivity contribution in [2.45, 2.75) is 38.8 Å². The molecule has 0 aliphatic carbocycles. The van der Waals surface area contributed by atoms with Gasteiger partial charge in [0.05, 0.1) is 12.9 Å². The van der Waals surface area contributed by atoms with Crippen LogP contribution in [-0.4, -0.2) is 16.2 Å². The number of halogens is 2. The summed E-state index contributed by atoms with van der Waals surface area (Å²) in [4.78, 5) is 4.07. The maximum atomic E-state index is 6.32. The summed E-state index contributed by atoms with van der Waals surface area (Å²) in [5, 5.41) is 1.28. The molecule has 5 heteroatoms. The van der Waals surface area contributed by atoms with E-state index in [4.69, 9.17) is 27.9 Å². The van der Waals surface area contributed by atoms with E-state index in [-0.39, 0.29) is 6.10 Å². The first kappa shape index (κ1) is 16.3. The average molecular weight is 327 g/mol. The second kappa shape index (κ2) is 8.42. The van der Waals surface area contributed by atoms with E-state index >= 15 is 0 Å². The van der Waals surface area contributed by atoms with Gasteiger partial charge >= 0.3 is 0 Å². The molecule has 114 valence electrons. The van der Waals surface area contributed by atoms with Gasteiger partial charge < -0.3 is 9.30 Å². The number of hydrogen-bond acceptors (Lipinski definition) is 2. The molecule has 0 aliphatic heterocycles. The predicted molar refractivity (Wildman–Crippen MR) is 86.9 cm³/mol. The van der Waals surface area contributed by atoms with Crippen LogP contribution in [0.2, 0.25) is 10.0 Å². The summed E-state index contributed by atoms with van der Waals surface area (Å²) in [6, 6.07) is 5.54. The number of imidazole rings is 1. The summed E-state index contributed by atoms with van der Waals surface area (Å²) in [6.45, 7) is 3.60. The van der Waals surface area contributed by atoms with Crippen LogP contribution in [0.25, 0.3) is 0 Å². The number of benzene rings is 1. The van der Waals surface area contributed by atoms with Gasteiger partial charge in [0.25, 0.3) is 0 Å². The van der Waals surface area contributed by atoms with Crippen molar-refractivity contribution < 1.29 is 4.74 Å². The molecule has 1 atom stereocenters. The molecule has 0 bridgehead atoms. The third-order valence-electron chi connectivity index (χ3n) is 3.31. The molecule has 2 aromatic rings. The van der Waals surface area contributed by atoms with Crippen LogP contribution in [0.3, 0.4) is 0 Å². The van der Waals surface area contributed by atoms with E-state index in [1.807, 2.05) is 22.9 Å². The highest BCUT2D eigenvalue weighted by atomic mass is 35.5. The van der Waals surface area contributed by atoms with E-state index in [2.05, 4.69) is 11.9 Å². The number of unbranched alkanes of at least 4 members (excludes halogenated alkanes) is 2. The van der Waals surface area contributed by atoms with Crippen LogP contribution in [0.4, 0.5) is 0 Å². The zero-order valence-electron chi connectivity index (χ0n) is 12.1. The van der Waals surface area contributed by atoms with Gasteiger partial charge in [0.1, 0.15) is 6.10 Å². The number of nitrogens with zero attached hydrogens (tertiary/aromatic N) is 2. The normalized spacial score (nSPS) is 12.5. The van der Waals surface area contributed by atoms with Crippen LogP contribution in [-0.2, 0) is 11.3 Å². The Morgan fingerprint density at radius 1 is 1.29 bits per heavy atom. The molecule has 0 amide bonds. The van der Waals surface area contributed by atoms with Gasteiger partial charge in [-0.1, -0.05) is 49.0 Å². The standard InChI is InChI=1S/C16H20Cl2N2O/c1-2-3-4-9-21-16(11-20-8-7-19-12-20)14-6-5-13(17)10-15(14)18/h5-8,10,12,16H,2-4,9,11H2,1H3. The van der Waals surface area contributed by atoms with Gasteiger partial charge in [0, 0.05) is 34.6 Å². The van der Waals surface area contributed by atoms with Gasteiger partial charge in [-0.15, -0.1) is 0 Å². The van der Waals surface area contributed by atoms with Crippen molar-refractivity contribution in [3.8, 4) is 0 Å². The monoisotopic (exact) mass is 326 g/mol. The highest BCUT2D eigenvalue weighted by Gasteiger charge is 2.16. The van der Waals surface area contributed by atoms with Gasteiger partial charge in [-0.2, -0.15) is 0 Å². The Bertz CT molecular complexity index is 543. The highest BCUT2D eigenvalue weighted by molar-refractivity contribution is 6.35. The predicted octanol–water partition coefficient (Wildman–Crippen LogP) is 5.14. The summed E-state index contributed by atoms with van der Waals surface area (Å²) in [7, 11) is 0. The first-order chi connectivity index (χ1) is 10.2. The fourth-order valence-electron chi connectivity index (χ4n) is 2.17. The van der Waals surface area contributed by atoms with Crippen molar-refractivity contribution in [3.63, 3.8) is 0 Å². The Kier molecular flexibility index (Phi) is 6.55. The smallest absolute Gasteiger partial charge is 0.102 e. The molecular formula is C16H20Cl2N2O. The van der Waals surface area contributed by atoms with Crippen LogP contribution in [0, 0.1) is 0 Å². The fraction of sp³-hybridized carbons (Fsp3) is 0.438. The zero-order chi connectivity index (χ0) is 15.1. The van der Waals surface area contributed by atoms with Crippen molar-refractivity contribution in [2.75, 3.05) is 6.61 Å². The van der Waals surface area contributed by atoms with E-state index in [1.165, 1.54) is 12.8 Å². The average Bonchev–Trinajstić information content (AvgIpc) is 2.95. The third kappa shape index (κ3) is 5.03. The molecule has 1 heterocycles. The first-order valence-corrected chi connectivity index (χ1v) is 7.98. The highest BCUT2D eigenvalue weighted by Crippen LogP contribution is 2.29. The molecule has 0 spiro atoms. The van der Waals surface area contributed by atoms with Crippen molar-refractivity contribution in [1.29, 1.82) is 0 Å². The fourth-order valence-corrected chi connectivity index (χ4v) is 2.70. The van der Waals surface area contributed by atoms with Crippen LogP contribution >= 0.6 is 23.2 Å². The second-order valence-corrected chi connectivity index (χ2v) is 5.84. The summed E-state index contributed by atoms with van der Waals surface area (Å²) in [6.07, 6.45) is 8.78. The third-order valence-corrected chi connectivity index (χ3v) is 3.87. The quantitative estimate of drug-likeness (QED) is 0.628. The van der Waals surface area contributed by atoms with Gasteiger partial charge in [-0.3, -0.25) is 0 Å². The first-order valence-electron chi connectivity index (χ1n) is 7.23. The zero-order valence-corrected chi connectivity index (χ0v) is 13.6. The van der Waals surface area contributed by atoms with E-state index < -0.39 is 0 Å². The molecule has 0 saturated carbocycles. The maximum Gasteiger partial charge on any atom is 0.102 e. The van der Waals surface area contributed by atoms with Gasteiger partial charge in [-0.25, -0.2) is 4.98 Å². The van der Waals surface area contributed by atoms with Crippen LogP contribution in [0.5, 0.6) is 0 Å². The van der Waals surface area contributed by atoms with Gasteiger partial charge in [0.2, 0.25) is 0 Å². The molecule has 3 nitrogen and oxygen atoms in total. The Hall–Kier alpha value is -1.03. The summed E-state index contributed by atoms with van der Waals surface area (Å²) >= 11 is 12.3. The SMILES string of the molecule is CCCCCOC(Cn1ccnc1)c1ccc(Cl)cc1Cl. The Balaban J connectivity index is 2.10. The summed E-state index contributed by atoms with van der Waals surface area (Å²) < 4.78 is 8.04. The molecule has 0 radical (unpaired) electrons. The second-order valence-electron chi connectivity index (χ2n) is 4.99. The lowest BCUT2D eigenvalue weighted by atomic mass is 10.1. The largest absolute Gasteiger partial charge is 0.372 e. The minimum absolute atomic E-state index is 0.0965. The topological polar surface area (TPSA) is 27.1 Å². The Morgan fingerprint density at radius 3 is 2.81 bits per heavy atom. The Morgan fingerprint density at radius 2 is 2.14 bits per heavy atom. The van der Waals surface area contributed by atoms with E-state index in [1.54, 1.807) is 18.6 Å².